The van der Waals surface area contributed by atoms with Gasteiger partial charge in [0.1, 0.15) is 0 Å². The molecule has 0 spiro atoms. The molecule has 1 atom stereocenters. The molecule has 1 aliphatic rings. The van der Waals surface area contributed by atoms with E-state index in [0.29, 0.717) is 25.7 Å². The fraction of sp³-hybridized carbons (Fsp3) is 0.529. The summed E-state index contributed by atoms with van der Waals surface area (Å²) < 4.78 is 50.4. The number of anilines is 1. The van der Waals surface area contributed by atoms with E-state index < -0.39 is 29.0 Å². The van der Waals surface area contributed by atoms with Gasteiger partial charge < -0.3 is 25.4 Å². The number of halogens is 4. The van der Waals surface area contributed by atoms with E-state index in [9.17, 15) is 18.0 Å². The van der Waals surface area contributed by atoms with Gasteiger partial charge in [-0.15, -0.1) is 24.0 Å². The molecule has 1 unspecified atom stereocenters. The molecule has 158 valence electrons. The minimum absolute atomic E-state index is 0. The van der Waals surface area contributed by atoms with Gasteiger partial charge in [0.05, 0.1) is 24.9 Å². The summed E-state index contributed by atoms with van der Waals surface area (Å²) in [5, 5.41) is 7.92. The number of nitrogens with zero attached hydrogens (tertiary/aromatic N) is 1. The average molecular weight is 516 g/mol. The van der Waals surface area contributed by atoms with E-state index in [1.54, 1.807) is 0 Å². The van der Waals surface area contributed by atoms with Gasteiger partial charge in [-0.3, -0.25) is 9.79 Å². The first kappa shape index (κ1) is 24.4. The topological polar surface area (TPSA) is 84.0 Å². The molecule has 1 saturated heterocycles. The van der Waals surface area contributed by atoms with Crippen LogP contribution in [0.3, 0.4) is 0 Å². The Hall–Kier alpha value is -1.60. The van der Waals surface area contributed by atoms with Crippen LogP contribution in [0.5, 0.6) is 0 Å². The fourth-order valence-corrected chi connectivity index (χ4v) is 2.37. The van der Waals surface area contributed by atoms with Crippen molar-refractivity contribution in [3.8, 4) is 0 Å². The van der Waals surface area contributed by atoms with E-state index in [4.69, 9.17) is 9.47 Å². The summed E-state index contributed by atoms with van der Waals surface area (Å²) >= 11 is 0. The monoisotopic (exact) mass is 516 g/mol. The van der Waals surface area contributed by atoms with Crippen LogP contribution in [0.1, 0.15) is 12.8 Å². The molecule has 2 rings (SSSR count). The summed E-state index contributed by atoms with van der Waals surface area (Å²) in [5.74, 6) is -4.66. The molecule has 7 nitrogen and oxygen atoms in total. The number of carbonyl (C=O) groups excluding carboxylic acids is 1. The Labute approximate surface area is 178 Å². The number of guanidine groups is 1. The maximum Gasteiger partial charge on any atom is 0.243 e. The molecule has 1 aliphatic heterocycles. The van der Waals surface area contributed by atoms with Gasteiger partial charge in [-0.25, -0.2) is 13.2 Å². The molecule has 11 heteroatoms. The highest BCUT2D eigenvalue weighted by Crippen LogP contribution is 2.19. The van der Waals surface area contributed by atoms with Crippen LogP contribution in [0.15, 0.2) is 17.1 Å². The zero-order chi connectivity index (χ0) is 19.6. The van der Waals surface area contributed by atoms with Crippen molar-refractivity contribution in [1.29, 1.82) is 0 Å². The van der Waals surface area contributed by atoms with E-state index in [1.165, 1.54) is 7.05 Å². The van der Waals surface area contributed by atoms with Gasteiger partial charge >= 0.3 is 0 Å². The molecular weight excluding hydrogens is 492 g/mol. The van der Waals surface area contributed by atoms with Crippen molar-refractivity contribution in [3.63, 3.8) is 0 Å². The number of hydrogen-bond donors (Lipinski definition) is 3. The summed E-state index contributed by atoms with van der Waals surface area (Å²) in [6, 6.07) is 1.69. The second-order valence-corrected chi connectivity index (χ2v) is 5.83. The third-order valence-electron chi connectivity index (χ3n) is 3.80. The molecule has 0 aromatic heterocycles. The van der Waals surface area contributed by atoms with Gasteiger partial charge in [-0.05, 0) is 25.0 Å². The first-order valence-electron chi connectivity index (χ1n) is 8.58. The molecule has 1 aromatic rings. The fourth-order valence-electron chi connectivity index (χ4n) is 2.37. The van der Waals surface area contributed by atoms with Gasteiger partial charge in [0.2, 0.25) is 5.91 Å². The maximum absolute atomic E-state index is 13.5. The Morgan fingerprint density at radius 1 is 1.29 bits per heavy atom. The zero-order valence-corrected chi connectivity index (χ0v) is 17.7. The van der Waals surface area contributed by atoms with Gasteiger partial charge in [-0.1, -0.05) is 0 Å². The van der Waals surface area contributed by atoms with Crippen LogP contribution in [0.4, 0.5) is 18.9 Å². The number of nitrogens with one attached hydrogen (secondary N) is 3. The Kier molecular flexibility index (Phi) is 11.2. The summed E-state index contributed by atoms with van der Waals surface area (Å²) in [4.78, 5) is 15.8. The first-order valence-corrected chi connectivity index (χ1v) is 8.58. The van der Waals surface area contributed by atoms with E-state index in [0.717, 1.165) is 31.6 Å². The predicted molar refractivity (Wildman–Crippen MR) is 110 cm³/mol. The van der Waals surface area contributed by atoms with Crippen LogP contribution in [-0.4, -0.2) is 57.9 Å². The third kappa shape index (κ3) is 7.80. The minimum Gasteiger partial charge on any atom is -0.379 e. The highest BCUT2D eigenvalue weighted by Gasteiger charge is 2.16. The van der Waals surface area contributed by atoms with Gasteiger partial charge in [-0.2, -0.15) is 0 Å². The molecule has 1 fully saturated rings. The normalized spacial score (nSPS) is 16.4. The van der Waals surface area contributed by atoms with Crippen molar-refractivity contribution in [2.75, 3.05) is 45.3 Å². The molecular formula is C17H24F3IN4O3. The molecule has 0 saturated carbocycles. The molecule has 1 aromatic carbocycles. The lowest BCUT2D eigenvalue weighted by molar-refractivity contribution is -0.115. The number of benzene rings is 1. The highest BCUT2D eigenvalue weighted by molar-refractivity contribution is 14.0. The second kappa shape index (κ2) is 12.8. The average Bonchev–Trinajstić information content (AvgIpc) is 3.18. The van der Waals surface area contributed by atoms with E-state index in [1.807, 2.05) is 0 Å². The summed E-state index contributed by atoms with van der Waals surface area (Å²) in [6.45, 7) is 2.29. The molecule has 1 amide bonds. The molecule has 0 bridgehead atoms. The van der Waals surface area contributed by atoms with E-state index >= 15 is 0 Å². The quantitative estimate of drug-likeness (QED) is 0.162. The number of amides is 1. The van der Waals surface area contributed by atoms with E-state index in [2.05, 4.69) is 20.9 Å². The zero-order valence-electron chi connectivity index (χ0n) is 15.4. The summed E-state index contributed by atoms with van der Waals surface area (Å²) in [6.07, 6.45) is 1.80. The van der Waals surface area contributed by atoms with Crippen molar-refractivity contribution in [3.05, 3.63) is 29.6 Å². The predicted octanol–water partition coefficient (Wildman–Crippen LogP) is 2.02. The van der Waals surface area contributed by atoms with Crippen molar-refractivity contribution >= 4 is 41.5 Å². The molecule has 0 radical (unpaired) electrons. The Morgan fingerprint density at radius 2 is 2.07 bits per heavy atom. The van der Waals surface area contributed by atoms with Gasteiger partial charge in [0.25, 0.3) is 0 Å². The Bertz CT molecular complexity index is 673. The van der Waals surface area contributed by atoms with Crippen LogP contribution in [-0.2, 0) is 14.3 Å². The third-order valence-corrected chi connectivity index (χ3v) is 3.80. The number of rotatable bonds is 8. The highest BCUT2D eigenvalue weighted by atomic mass is 127. The number of carbonyl (C=O) groups is 1. The van der Waals surface area contributed by atoms with Crippen LogP contribution in [0, 0.1) is 17.5 Å². The molecule has 3 N–H and O–H groups in total. The number of hydrogen-bond acceptors (Lipinski definition) is 4. The molecule has 28 heavy (non-hydrogen) atoms. The molecule has 1 heterocycles. The SMILES string of the molecule is CN=C(NCCCOC1CCOC1)NCC(=O)Nc1ccc(F)c(F)c1F.I. The van der Waals surface area contributed by atoms with Crippen molar-refractivity contribution in [2.45, 2.75) is 18.9 Å². The van der Waals surface area contributed by atoms with Crippen LogP contribution >= 0.6 is 24.0 Å². The lowest BCUT2D eigenvalue weighted by atomic mass is 10.2. The number of ether oxygens (including phenoxy) is 2. The standard InChI is InChI=1S/C17H23F3N4O3.HI/c1-21-17(22-6-2-7-27-11-5-8-26-10-11)23-9-14(25)24-13-4-3-12(18)15(19)16(13)20;/h3-4,11H,2,5-10H2,1H3,(H,24,25)(H2,21,22,23);1H. The molecule has 0 aliphatic carbocycles. The maximum atomic E-state index is 13.5. The first-order chi connectivity index (χ1) is 13.0. The van der Waals surface area contributed by atoms with Crippen LogP contribution in [0.25, 0.3) is 0 Å². The number of aliphatic imine (C=N–C) groups is 1. The van der Waals surface area contributed by atoms with Crippen molar-refractivity contribution < 1.29 is 27.4 Å². The van der Waals surface area contributed by atoms with Crippen LogP contribution in [0.2, 0.25) is 0 Å². The summed E-state index contributed by atoms with van der Waals surface area (Å²) in [7, 11) is 1.54. The van der Waals surface area contributed by atoms with Gasteiger partial charge in [0, 0.05) is 26.8 Å². The summed E-state index contributed by atoms with van der Waals surface area (Å²) in [5.41, 5.74) is -0.434. The van der Waals surface area contributed by atoms with Gasteiger partial charge in [0.15, 0.2) is 23.4 Å². The lowest BCUT2D eigenvalue weighted by Gasteiger charge is -2.13. The van der Waals surface area contributed by atoms with E-state index in [-0.39, 0.29) is 36.6 Å². The van der Waals surface area contributed by atoms with Crippen molar-refractivity contribution in [2.24, 2.45) is 4.99 Å². The minimum atomic E-state index is -1.63. The lowest BCUT2D eigenvalue weighted by Crippen LogP contribution is -2.42. The Morgan fingerprint density at radius 3 is 2.75 bits per heavy atom. The smallest absolute Gasteiger partial charge is 0.243 e. The largest absolute Gasteiger partial charge is 0.379 e. The van der Waals surface area contributed by atoms with Crippen molar-refractivity contribution in [1.82, 2.24) is 10.6 Å². The van der Waals surface area contributed by atoms with Crippen LogP contribution < -0.4 is 16.0 Å². The second-order valence-electron chi connectivity index (χ2n) is 5.83. The Balaban J connectivity index is 0.00000392.